The van der Waals surface area contributed by atoms with Gasteiger partial charge < -0.3 is 23.7 Å². The van der Waals surface area contributed by atoms with Gasteiger partial charge in [-0.25, -0.2) is 9.79 Å². The maximum absolute atomic E-state index is 14.0. The number of ether oxygens (including phenoxy) is 5. The van der Waals surface area contributed by atoms with Crippen LogP contribution in [0.2, 0.25) is 0 Å². The SMILES string of the molecule is CCOC(=O)C1=C(C)N=c2s/c(=C/c3cc4c(cc3Br)OCO4)c(=O)n2[C@@H]1c1cc(OC)c(OCC)cc1Br. The average molecular weight is 680 g/mol. The number of rotatable bonds is 7. The van der Waals surface area contributed by atoms with Gasteiger partial charge in [0.25, 0.3) is 5.56 Å². The number of halogens is 2. The summed E-state index contributed by atoms with van der Waals surface area (Å²) in [7, 11) is 1.54. The average Bonchev–Trinajstić information content (AvgIpc) is 3.47. The van der Waals surface area contributed by atoms with Crippen LogP contribution in [0.25, 0.3) is 6.08 Å². The minimum atomic E-state index is -0.818. The fourth-order valence-corrected chi connectivity index (χ4v) is 6.47. The molecule has 0 fully saturated rings. The molecule has 1 aromatic heterocycles. The molecule has 3 heterocycles. The minimum Gasteiger partial charge on any atom is -0.493 e. The van der Waals surface area contributed by atoms with Crippen LogP contribution in [0.3, 0.4) is 0 Å². The summed E-state index contributed by atoms with van der Waals surface area (Å²) in [6, 6.07) is 6.34. The van der Waals surface area contributed by atoms with E-state index in [4.69, 9.17) is 23.7 Å². The molecule has 2 aliphatic rings. The van der Waals surface area contributed by atoms with Gasteiger partial charge in [0.1, 0.15) is 0 Å². The van der Waals surface area contributed by atoms with Gasteiger partial charge in [0.2, 0.25) is 6.79 Å². The molecule has 1 atom stereocenters. The highest BCUT2D eigenvalue weighted by Crippen LogP contribution is 2.41. The Morgan fingerprint density at radius 3 is 2.56 bits per heavy atom. The van der Waals surface area contributed by atoms with Crippen molar-refractivity contribution in [3.8, 4) is 23.0 Å². The molecule has 0 bridgehead atoms. The van der Waals surface area contributed by atoms with Gasteiger partial charge in [-0.2, -0.15) is 0 Å². The number of esters is 1. The van der Waals surface area contributed by atoms with Gasteiger partial charge in [-0.3, -0.25) is 9.36 Å². The van der Waals surface area contributed by atoms with E-state index < -0.39 is 12.0 Å². The van der Waals surface area contributed by atoms with Crippen molar-refractivity contribution in [1.82, 2.24) is 4.57 Å². The van der Waals surface area contributed by atoms with Gasteiger partial charge >= 0.3 is 5.97 Å². The van der Waals surface area contributed by atoms with Crippen LogP contribution in [-0.2, 0) is 9.53 Å². The maximum Gasteiger partial charge on any atom is 0.338 e. The molecule has 2 aromatic carbocycles. The molecule has 0 saturated heterocycles. The van der Waals surface area contributed by atoms with E-state index in [9.17, 15) is 9.59 Å². The van der Waals surface area contributed by atoms with Crippen molar-refractivity contribution in [2.45, 2.75) is 26.8 Å². The van der Waals surface area contributed by atoms with Crippen molar-refractivity contribution in [1.29, 1.82) is 0 Å². The molecule has 0 unspecified atom stereocenters. The highest BCUT2D eigenvalue weighted by molar-refractivity contribution is 9.10. The minimum absolute atomic E-state index is 0.143. The number of allylic oxidation sites excluding steroid dienone is 1. The summed E-state index contributed by atoms with van der Waals surface area (Å²) in [4.78, 5) is 32.3. The quantitative estimate of drug-likeness (QED) is 0.340. The first-order valence-electron chi connectivity index (χ1n) is 12.1. The van der Waals surface area contributed by atoms with Crippen LogP contribution in [0.4, 0.5) is 0 Å². The second kappa shape index (κ2) is 11.2. The van der Waals surface area contributed by atoms with Gasteiger partial charge in [0.05, 0.1) is 42.2 Å². The monoisotopic (exact) mass is 678 g/mol. The van der Waals surface area contributed by atoms with E-state index in [1.165, 1.54) is 23.0 Å². The number of carbonyl (C=O) groups excluding carboxylic acids is 1. The number of benzene rings is 2. The van der Waals surface area contributed by atoms with Crippen molar-refractivity contribution in [2.75, 3.05) is 27.1 Å². The van der Waals surface area contributed by atoms with E-state index in [1.807, 2.05) is 13.0 Å². The third kappa shape index (κ3) is 5.01. The third-order valence-corrected chi connectivity index (χ3v) is 8.53. The predicted octanol–water partition coefficient (Wildman–Crippen LogP) is 4.46. The molecule has 0 amide bonds. The molecule has 0 spiro atoms. The molecular weight excluding hydrogens is 656 g/mol. The number of fused-ring (bicyclic) bond motifs is 2. The van der Waals surface area contributed by atoms with Crippen LogP contribution in [-0.4, -0.2) is 37.7 Å². The molecule has 0 N–H and O–H groups in total. The van der Waals surface area contributed by atoms with Gasteiger partial charge in [0, 0.05) is 8.95 Å². The second-order valence-corrected chi connectivity index (χ2v) is 11.2. The summed E-state index contributed by atoms with van der Waals surface area (Å²) in [6.45, 7) is 6.12. The van der Waals surface area contributed by atoms with E-state index >= 15 is 0 Å². The molecule has 5 rings (SSSR count). The second-order valence-electron chi connectivity index (χ2n) is 8.49. The lowest BCUT2D eigenvalue weighted by atomic mass is 9.95. The van der Waals surface area contributed by atoms with Crippen LogP contribution in [0.5, 0.6) is 23.0 Å². The van der Waals surface area contributed by atoms with E-state index in [0.717, 1.165) is 10.0 Å². The number of hydrogen-bond donors (Lipinski definition) is 0. The lowest BCUT2D eigenvalue weighted by Gasteiger charge is -2.26. The van der Waals surface area contributed by atoms with Crippen LogP contribution >= 0.6 is 43.2 Å². The molecule has 0 saturated carbocycles. The number of carbonyl (C=O) groups is 1. The molecule has 39 heavy (non-hydrogen) atoms. The fraction of sp³-hybridized carbons (Fsp3) is 0.296. The standard InChI is InChI=1S/C27H24Br2N2O7S/c1-5-35-20-11-17(29)15(9-18(20)34-4)24-23(26(33)36-6-2)13(3)30-27-31(24)25(32)22(39-27)8-14-7-19-21(10-16(14)28)38-12-37-19/h7-11,24H,5-6,12H2,1-4H3/b22-8+/t24-/m1/s1. The molecule has 3 aromatic rings. The van der Waals surface area contributed by atoms with Crippen LogP contribution in [0.15, 0.2) is 54.3 Å². The van der Waals surface area contributed by atoms with Crippen molar-refractivity contribution < 1.29 is 28.5 Å². The van der Waals surface area contributed by atoms with Crippen molar-refractivity contribution >= 4 is 55.2 Å². The Bertz CT molecular complexity index is 1690. The van der Waals surface area contributed by atoms with Gasteiger partial charge in [-0.05, 0) is 62.2 Å². The van der Waals surface area contributed by atoms with Crippen molar-refractivity contribution in [3.63, 3.8) is 0 Å². The lowest BCUT2D eigenvalue weighted by molar-refractivity contribution is -0.139. The summed E-state index contributed by atoms with van der Waals surface area (Å²) in [5, 5.41) is 0. The lowest BCUT2D eigenvalue weighted by Crippen LogP contribution is -2.40. The summed E-state index contributed by atoms with van der Waals surface area (Å²) < 4.78 is 31.0. The van der Waals surface area contributed by atoms with Gasteiger partial charge in [-0.1, -0.05) is 43.2 Å². The van der Waals surface area contributed by atoms with Crippen LogP contribution in [0, 0.1) is 0 Å². The normalized spacial score (nSPS) is 16.2. The molecule has 12 heteroatoms. The summed E-state index contributed by atoms with van der Waals surface area (Å²) in [5.74, 6) is 1.69. The van der Waals surface area contributed by atoms with E-state index in [0.29, 0.717) is 54.7 Å². The van der Waals surface area contributed by atoms with E-state index in [-0.39, 0.29) is 24.5 Å². The first-order valence-corrected chi connectivity index (χ1v) is 14.5. The molecule has 0 radical (unpaired) electrons. The Kier molecular flexibility index (Phi) is 7.88. The fourth-order valence-electron chi connectivity index (χ4n) is 4.46. The highest BCUT2D eigenvalue weighted by atomic mass is 79.9. The van der Waals surface area contributed by atoms with E-state index in [1.54, 1.807) is 38.1 Å². The highest BCUT2D eigenvalue weighted by Gasteiger charge is 2.35. The van der Waals surface area contributed by atoms with Crippen LogP contribution in [0.1, 0.15) is 37.9 Å². The zero-order chi connectivity index (χ0) is 27.8. The van der Waals surface area contributed by atoms with E-state index in [2.05, 4.69) is 36.9 Å². The van der Waals surface area contributed by atoms with Gasteiger partial charge in [-0.15, -0.1) is 0 Å². The number of nitrogens with zero attached hydrogens (tertiary/aromatic N) is 2. The first-order chi connectivity index (χ1) is 18.8. The molecule has 2 aliphatic heterocycles. The number of hydrogen-bond acceptors (Lipinski definition) is 9. The number of thiazole rings is 1. The smallest absolute Gasteiger partial charge is 0.338 e. The number of methoxy groups -OCH3 is 1. The Labute approximate surface area is 244 Å². The molecular formula is C27H24Br2N2O7S. The molecule has 204 valence electrons. The summed E-state index contributed by atoms with van der Waals surface area (Å²) >= 11 is 8.42. The Balaban J connectivity index is 1.74. The topological polar surface area (TPSA) is 97.6 Å². The molecule has 9 nitrogen and oxygen atoms in total. The van der Waals surface area contributed by atoms with Crippen molar-refractivity contribution in [3.05, 3.63) is 75.3 Å². The zero-order valence-corrected chi connectivity index (χ0v) is 25.5. The largest absolute Gasteiger partial charge is 0.493 e. The predicted molar refractivity (Wildman–Crippen MR) is 153 cm³/mol. The number of aromatic nitrogens is 1. The molecule has 0 aliphatic carbocycles. The third-order valence-electron chi connectivity index (χ3n) is 6.17. The summed E-state index contributed by atoms with van der Waals surface area (Å²) in [5.41, 5.74) is 1.81. The first kappa shape index (κ1) is 27.5. The zero-order valence-electron chi connectivity index (χ0n) is 21.5. The Hall–Kier alpha value is -3.09. The maximum atomic E-state index is 14.0. The Morgan fingerprint density at radius 1 is 1.13 bits per heavy atom. The van der Waals surface area contributed by atoms with Crippen LogP contribution < -0.4 is 33.8 Å². The van der Waals surface area contributed by atoms with Gasteiger partial charge in [0.15, 0.2) is 27.8 Å². The summed E-state index contributed by atoms with van der Waals surface area (Å²) in [6.07, 6.45) is 1.77. The van der Waals surface area contributed by atoms with Crippen molar-refractivity contribution in [2.24, 2.45) is 4.99 Å². The Morgan fingerprint density at radius 2 is 1.87 bits per heavy atom.